The van der Waals surface area contributed by atoms with Gasteiger partial charge in [0.05, 0.1) is 105 Å². The van der Waals surface area contributed by atoms with E-state index in [2.05, 4.69) is 312 Å². The number of aromatic hydroxyl groups is 4. The maximum absolute atomic E-state index is 13.2. The van der Waals surface area contributed by atoms with E-state index >= 15 is 0 Å². The smallest absolute Gasteiger partial charge is 0.147 e. The summed E-state index contributed by atoms with van der Waals surface area (Å²) < 4.78 is 29.4. The van der Waals surface area contributed by atoms with Crippen molar-refractivity contribution in [1.82, 2.24) is 0 Å². The molecule has 4 aliphatic heterocycles. The van der Waals surface area contributed by atoms with Gasteiger partial charge >= 0.3 is 0 Å². The summed E-state index contributed by atoms with van der Waals surface area (Å²) in [4.78, 5) is 12.5. The van der Waals surface area contributed by atoms with Gasteiger partial charge in [-0.3, -0.25) is 0 Å². The third-order valence-electron chi connectivity index (χ3n) is 21.5. The molecule has 0 spiro atoms. The van der Waals surface area contributed by atoms with Gasteiger partial charge in [0.15, 0.2) is 0 Å². The molecule has 0 atom stereocenters. The normalized spacial score (nSPS) is 15.1. The van der Waals surface area contributed by atoms with E-state index < -0.39 is 0 Å². The van der Waals surface area contributed by atoms with Crippen molar-refractivity contribution < 1.29 is 39.4 Å². The largest absolute Gasteiger partial charge is 0.506 e. The Labute approximate surface area is 725 Å². The van der Waals surface area contributed by atoms with Crippen LogP contribution in [0.3, 0.4) is 0 Å². The minimum absolute atomic E-state index is 0.180. The molecule has 116 heavy (non-hydrogen) atoms. The van der Waals surface area contributed by atoms with Crippen LogP contribution in [0.1, 0.15) is 233 Å². The molecule has 0 saturated heterocycles. The van der Waals surface area contributed by atoms with Crippen molar-refractivity contribution in [2.75, 3.05) is 26.4 Å². The second kappa shape index (κ2) is 33.4. The van der Waals surface area contributed by atoms with Gasteiger partial charge in [0.25, 0.3) is 0 Å². The maximum atomic E-state index is 13.2. The zero-order valence-electron chi connectivity index (χ0n) is 72.2. The molecule has 0 aliphatic carbocycles. The molecule has 0 aromatic heterocycles. The SMILES string of the molecule is CC(C)(C)c1cc2c(O)c(c1)Sc1cc(C(C)(C)C)cc3c1OCCc1cccc(c1)CCOc1c4cc(C(C)(C)C)cc1Sc1cc(C(C)(C)C)cc(c1O)Sc1cc(C(C)(C)C)cc(c1OCCc1cccc(c1)CCOc1c(cc(C(C)(C)C)cc1Sc1cc(C(C)(C)C)cc(c1O)S3)S2)Sc1cc(C(C)(C)C)cc(c1O)S4. The topological polar surface area (TPSA) is 118 Å². The maximum Gasteiger partial charge on any atom is 0.147 e. The van der Waals surface area contributed by atoms with E-state index in [9.17, 15) is 20.4 Å². The highest BCUT2D eigenvalue weighted by molar-refractivity contribution is 8.02. The molecule has 4 heterocycles. The van der Waals surface area contributed by atoms with E-state index in [4.69, 9.17) is 18.9 Å². The van der Waals surface area contributed by atoms with Gasteiger partial charge in [-0.15, -0.1) is 0 Å². The fourth-order valence-corrected chi connectivity index (χ4v) is 22.9. The second-order valence-electron chi connectivity index (χ2n) is 39.3. The average Bonchev–Trinajstić information content (AvgIpc) is 0.766. The summed E-state index contributed by atoms with van der Waals surface area (Å²) in [5.74, 6) is 3.42. The molecule has 0 fully saturated rings. The molecule has 612 valence electrons. The van der Waals surface area contributed by atoms with Crippen LogP contribution in [0.5, 0.6) is 46.0 Å². The number of fused-ring (bicyclic) bond motifs is 10. The average molecular weight is 1700 g/mol. The van der Waals surface area contributed by atoms with Crippen molar-refractivity contribution >= 4 is 94.1 Å². The number of phenolic OH excluding ortho intramolecular Hbond substituents is 4. The Bertz CT molecular complexity index is 4560. The molecular formula is C100H116O8S8. The number of hydrogen-bond donors (Lipinski definition) is 4. The molecule has 24 bridgehead atoms. The lowest BCUT2D eigenvalue weighted by Gasteiger charge is -2.27. The van der Waals surface area contributed by atoms with Gasteiger partial charge in [0.2, 0.25) is 0 Å². The molecular weight excluding hydrogens is 1590 g/mol. The minimum atomic E-state index is -0.306. The van der Waals surface area contributed by atoms with Crippen LogP contribution < -0.4 is 18.9 Å². The fraction of sp³-hybridized carbons (Fsp3) is 0.400. The van der Waals surface area contributed by atoms with Gasteiger partial charge in [-0.2, -0.15) is 0 Å². The standard InChI is InChI=1S/C100H116O8S8/c1-93(2,3)61-41-69-85(101)70(42-61)110-78-50-66(98(16,17)18)52-80-90(78)106-36-32-58-28-26-30-60(40-58)34-38-108-92-82-54-68(100(22,23)24)56-84(92)116-76-48-64(96(10,11)12)47-75(88(76)104)115-83-55-67(99(19,20)21)53-81(113-73-45-63(95(7,8)9)46-74(114-82)87(73)103)91(83)107-37-33-59-29-25-27-57(39-59)31-35-105-89-77(109-69)49-65(97(13,14)15)51-79(89)111-71-43-62(94(4,5)6)44-72(112-80)86(71)102/h25-30,39-56,101-104H,31-38H2,1-24H3. The van der Waals surface area contributed by atoms with E-state index in [1.54, 1.807) is 0 Å². The van der Waals surface area contributed by atoms with Crippen molar-refractivity contribution in [2.24, 2.45) is 0 Å². The third-order valence-corrected chi connectivity index (χ3v) is 29.9. The van der Waals surface area contributed by atoms with Crippen LogP contribution in [0.15, 0.2) is 224 Å². The first-order valence-corrected chi connectivity index (χ1v) is 47.0. The molecule has 14 rings (SSSR count). The first kappa shape index (κ1) is 87.2. The van der Waals surface area contributed by atoms with Crippen LogP contribution in [-0.4, -0.2) is 46.9 Å². The van der Waals surface area contributed by atoms with Gasteiger partial charge in [-0.1, -0.05) is 309 Å². The van der Waals surface area contributed by atoms with Crippen LogP contribution in [0, 0.1) is 0 Å². The summed E-state index contributed by atoms with van der Waals surface area (Å²) in [6.07, 6.45) is 2.31. The first-order chi connectivity index (χ1) is 54.1. The van der Waals surface area contributed by atoms with E-state index in [1.165, 1.54) is 94.1 Å². The summed E-state index contributed by atoms with van der Waals surface area (Å²) in [7, 11) is 0. The fourth-order valence-electron chi connectivity index (χ4n) is 13.8. The number of ether oxygens (including phenoxy) is 4. The Morgan fingerprint density at radius 1 is 0.198 bits per heavy atom. The molecule has 10 aromatic carbocycles. The van der Waals surface area contributed by atoms with E-state index in [0.717, 1.165) is 106 Å². The lowest BCUT2D eigenvalue weighted by molar-refractivity contribution is 0.304. The Morgan fingerprint density at radius 3 is 0.457 bits per heavy atom. The zero-order chi connectivity index (χ0) is 83.9. The Balaban J connectivity index is 1.02. The van der Waals surface area contributed by atoms with Crippen LogP contribution in [0.2, 0.25) is 0 Å². The summed E-state index contributed by atoms with van der Waals surface area (Å²) in [5.41, 5.74) is 10.6. The highest BCUT2D eigenvalue weighted by atomic mass is 32.2. The van der Waals surface area contributed by atoms with Gasteiger partial charge < -0.3 is 39.4 Å². The summed E-state index contributed by atoms with van der Waals surface area (Å²) in [6, 6.07) is 52.6. The van der Waals surface area contributed by atoms with E-state index in [1.807, 2.05) is 0 Å². The zero-order valence-corrected chi connectivity index (χ0v) is 78.7. The van der Waals surface area contributed by atoms with E-state index in [-0.39, 0.29) is 66.3 Å². The van der Waals surface area contributed by atoms with Crippen LogP contribution in [-0.2, 0) is 69.0 Å². The van der Waals surface area contributed by atoms with Crippen molar-refractivity contribution in [3.8, 4) is 46.0 Å². The van der Waals surface area contributed by atoms with Gasteiger partial charge in [0.1, 0.15) is 46.0 Å². The molecule has 8 nitrogen and oxygen atoms in total. The molecule has 0 unspecified atom stereocenters. The van der Waals surface area contributed by atoms with E-state index in [0.29, 0.717) is 114 Å². The number of rotatable bonds is 0. The quantitative estimate of drug-likeness (QED) is 0.115. The molecule has 0 amide bonds. The van der Waals surface area contributed by atoms with Crippen LogP contribution in [0.25, 0.3) is 0 Å². The van der Waals surface area contributed by atoms with Gasteiger partial charge in [-0.25, -0.2) is 0 Å². The molecule has 4 aliphatic rings. The van der Waals surface area contributed by atoms with Crippen molar-refractivity contribution in [1.29, 1.82) is 0 Å². The lowest BCUT2D eigenvalue weighted by atomic mass is 9.87. The molecule has 10 aromatic rings. The summed E-state index contributed by atoms with van der Waals surface area (Å²) in [5, 5.41) is 52.8. The Hall–Kier alpha value is -6.60. The minimum Gasteiger partial charge on any atom is -0.506 e. The van der Waals surface area contributed by atoms with Crippen molar-refractivity contribution in [3.05, 3.63) is 212 Å². The molecule has 16 heteroatoms. The second-order valence-corrected chi connectivity index (χ2v) is 48.0. The van der Waals surface area contributed by atoms with Crippen LogP contribution in [0.4, 0.5) is 0 Å². The van der Waals surface area contributed by atoms with Crippen LogP contribution >= 0.6 is 94.1 Å². The molecule has 4 N–H and O–H groups in total. The Morgan fingerprint density at radius 2 is 0.328 bits per heavy atom. The molecule has 0 saturated carbocycles. The highest BCUT2D eigenvalue weighted by Gasteiger charge is 2.34. The number of benzene rings is 10. The third kappa shape index (κ3) is 20.2. The number of hydrogen-bond acceptors (Lipinski definition) is 16. The Kier molecular flexibility index (Phi) is 25.1. The summed E-state index contributed by atoms with van der Waals surface area (Å²) in [6.45, 7) is 54.8. The lowest BCUT2D eigenvalue weighted by Crippen LogP contribution is -2.13. The summed E-state index contributed by atoms with van der Waals surface area (Å²) >= 11 is 12.2. The number of phenols is 4. The van der Waals surface area contributed by atoms with Gasteiger partial charge in [0, 0.05) is 25.7 Å². The highest BCUT2D eigenvalue weighted by Crippen LogP contribution is 2.60. The monoisotopic (exact) mass is 1700 g/mol. The van der Waals surface area contributed by atoms with Crippen molar-refractivity contribution in [3.63, 3.8) is 0 Å². The first-order valence-electron chi connectivity index (χ1n) is 40.4. The molecule has 0 radical (unpaired) electrons. The predicted octanol–water partition coefficient (Wildman–Crippen LogP) is 29.5. The van der Waals surface area contributed by atoms with Gasteiger partial charge in [-0.05, 0) is 207 Å². The van der Waals surface area contributed by atoms with Crippen molar-refractivity contribution in [2.45, 2.75) is 314 Å². The predicted molar refractivity (Wildman–Crippen MR) is 490 cm³/mol.